The fourth-order valence-electron chi connectivity index (χ4n) is 2.77. The smallest absolute Gasteiger partial charge is 0.0703 e. The minimum Gasteiger partial charge on any atom is -0.324 e. The first-order chi connectivity index (χ1) is 9.62. The Morgan fingerprint density at radius 2 is 1.95 bits per heavy atom. The molecule has 3 heteroatoms. The molecular formula is C17H25N3. The Bertz CT molecular complexity index is 584. The highest BCUT2D eigenvalue weighted by molar-refractivity contribution is 5.69. The average molecular weight is 271 g/mol. The molecule has 0 bridgehead atoms. The molecule has 0 aliphatic carbocycles. The number of rotatable bonds is 5. The third kappa shape index (κ3) is 2.63. The third-order valence-corrected chi connectivity index (χ3v) is 3.95. The molecule has 2 rings (SSSR count). The summed E-state index contributed by atoms with van der Waals surface area (Å²) in [5, 5.41) is 4.66. The summed E-state index contributed by atoms with van der Waals surface area (Å²) in [7, 11) is 2.03. The maximum absolute atomic E-state index is 6.17. The lowest BCUT2D eigenvalue weighted by atomic mass is 9.96. The summed E-state index contributed by atoms with van der Waals surface area (Å²) in [6, 6.07) is 8.73. The van der Waals surface area contributed by atoms with Gasteiger partial charge in [-0.15, -0.1) is 0 Å². The summed E-state index contributed by atoms with van der Waals surface area (Å²) < 4.78 is 2.01. The van der Waals surface area contributed by atoms with Crippen molar-refractivity contribution in [1.29, 1.82) is 0 Å². The summed E-state index contributed by atoms with van der Waals surface area (Å²) in [5.41, 5.74) is 12.4. The standard InChI is InChI=1S/C17H25N3/c1-5-14(18)12-9-8-10-13(11-12)17-15(6-2)19-20(4)16(17)7-3/h8-11,14H,5-7,18H2,1-4H3. The van der Waals surface area contributed by atoms with Gasteiger partial charge in [0.25, 0.3) is 0 Å². The molecule has 0 saturated heterocycles. The van der Waals surface area contributed by atoms with Crippen molar-refractivity contribution >= 4 is 0 Å². The van der Waals surface area contributed by atoms with Crippen LogP contribution in [0.4, 0.5) is 0 Å². The summed E-state index contributed by atoms with van der Waals surface area (Å²) in [6.07, 6.45) is 2.90. The molecule has 0 aliphatic rings. The maximum Gasteiger partial charge on any atom is 0.0703 e. The molecule has 0 aliphatic heterocycles. The van der Waals surface area contributed by atoms with Gasteiger partial charge in [-0.05, 0) is 36.5 Å². The topological polar surface area (TPSA) is 43.8 Å². The molecule has 1 aromatic heterocycles. The Morgan fingerprint density at radius 3 is 2.55 bits per heavy atom. The largest absolute Gasteiger partial charge is 0.324 e. The minimum atomic E-state index is 0.113. The number of nitrogens with two attached hydrogens (primary N) is 1. The van der Waals surface area contributed by atoms with E-state index in [9.17, 15) is 0 Å². The van der Waals surface area contributed by atoms with Crippen molar-refractivity contribution in [3.05, 3.63) is 41.2 Å². The second kappa shape index (κ2) is 6.23. The van der Waals surface area contributed by atoms with Gasteiger partial charge in [-0.2, -0.15) is 5.10 Å². The highest BCUT2D eigenvalue weighted by Gasteiger charge is 2.16. The molecular weight excluding hydrogens is 246 g/mol. The van der Waals surface area contributed by atoms with Gasteiger partial charge in [0.2, 0.25) is 0 Å². The van der Waals surface area contributed by atoms with E-state index in [1.165, 1.54) is 28.1 Å². The predicted octanol–water partition coefficient (Wildman–Crippen LogP) is 3.62. The molecule has 1 heterocycles. The number of nitrogens with zero attached hydrogens (tertiary/aromatic N) is 2. The molecule has 0 spiro atoms. The Labute approximate surface area is 121 Å². The molecule has 1 unspecified atom stereocenters. The van der Waals surface area contributed by atoms with Crippen molar-refractivity contribution in [2.45, 2.75) is 46.1 Å². The van der Waals surface area contributed by atoms with E-state index in [0.717, 1.165) is 19.3 Å². The van der Waals surface area contributed by atoms with E-state index >= 15 is 0 Å². The van der Waals surface area contributed by atoms with Crippen molar-refractivity contribution in [2.24, 2.45) is 12.8 Å². The third-order valence-electron chi connectivity index (χ3n) is 3.95. The van der Waals surface area contributed by atoms with Crippen LogP contribution < -0.4 is 5.73 Å². The first-order valence-corrected chi connectivity index (χ1v) is 7.52. The van der Waals surface area contributed by atoms with Crippen LogP contribution in [-0.4, -0.2) is 9.78 Å². The first-order valence-electron chi connectivity index (χ1n) is 7.52. The van der Waals surface area contributed by atoms with Gasteiger partial charge in [0.1, 0.15) is 0 Å². The zero-order valence-electron chi connectivity index (χ0n) is 13.0. The van der Waals surface area contributed by atoms with Crippen molar-refractivity contribution in [1.82, 2.24) is 9.78 Å². The number of hydrogen-bond acceptors (Lipinski definition) is 2. The van der Waals surface area contributed by atoms with E-state index in [0.29, 0.717) is 0 Å². The molecule has 20 heavy (non-hydrogen) atoms. The molecule has 3 nitrogen and oxygen atoms in total. The zero-order valence-corrected chi connectivity index (χ0v) is 13.0. The van der Waals surface area contributed by atoms with Gasteiger partial charge >= 0.3 is 0 Å². The van der Waals surface area contributed by atoms with Gasteiger partial charge in [-0.3, -0.25) is 4.68 Å². The Balaban J connectivity index is 2.56. The lowest BCUT2D eigenvalue weighted by molar-refractivity contribution is 0.699. The molecule has 0 radical (unpaired) electrons. The van der Waals surface area contributed by atoms with E-state index in [2.05, 4.69) is 50.1 Å². The Morgan fingerprint density at radius 1 is 1.20 bits per heavy atom. The molecule has 108 valence electrons. The van der Waals surface area contributed by atoms with Crippen molar-refractivity contribution in [3.8, 4) is 11.1 Å². The van der Waals surface area contributed by atoms with Crippen LogP contribution in [0.15, 0.2) is 24.3 Å². The highest BCUT2D eigenvalue weighted by atomic mass is 15.3. The van der Waals surface area contributed by atoms with Crippen LogP contribution in [0.5, 0.6) is 0 Å². The summed E-state index contributed by atoms with van der Waals surface area (Å²) >= 11 is 0. The van der Waals surface area contributed by atoms with Crippen LogP contribution in [0.25, 0.3) is 11.1 Å². The molecule has 1 aromatic carbocycles. The van der Waals surface area contributed by atoms with Gasteiger partial charge in [-0.1, -0.05) is 39.0 Å². The quantitative estimate of drug-likeness (QED) is 0.902. The van der Waals surface area contributed by atoms with Crippen molar-refractivity contribution in [2.75, 3.05) is 0 Å². The Kier molecular flexibility index (Phi) is 4.61. The zero-order chi connectivity index (χ0) is 14.7. The van der Waals surface area contributed by atoms with E-state index in [1.54, 1.807) is 0 Å². The van der Waals surface area contributed by atoms with E-state index < -0.39 is 0 Å². The summed E-state index contributed by atoms with van der Waals surface area (Å²) in [6.45, 7) is 6.46. The second-order valence-electron chi connectivity index (χ2n) is 5.24. The van der Waals surface area contributed by atoms with Gasteiger partial charge in [0.15, 0.2) is 0 Å². The van der Waals surface area contributed by atoms with Crippen LogP contribution >= 0.6 is 0 Å². The second-order valence-corrected chi connectivity index (χ2v) is 5.24. The summed E-state index contributed by atoms with van der Waals surface area (Å²) in [5.74, 6) is 0. The SMILES string of the molecule is CCc1nn(C)c(CC)c1-c1cccc(C(N)CC)c1. The molecule has 2 N–H and O–H groups in total. The molecule has 0 saturated carbocycles. The van der Waals surface area contributed by atoms with Gasteiger partial charge in [0, 0.05) is 24.3 Å². The van der Waals surface area contributed by atoms with Crippen LogP contribution in [0.1, 0.15) is 50.2 Å². The first kappa shape index (κ1) is 14.8. The van der Waals surface area contributed by atoms with Gasteiger partial charge in [0.05, 0.1) is 5.69 Å². The Hall–Kier alpha value is -1.61. The fraction of sp³-hybridized carbons (Fsp3) is 0.471. The van der Waals surface area contributed by atoms with Crippen LogP contribution in [-0.2, 0) is 19.9 Å². The van der Waals surface area contributed by atoms with Gasteiger partial charge < -0.3 is 5.73 Å². The number of hydrogen-bond donors (Lipinski definition) is 1. The number of aryl methyl sites for hydroxylation is 2. The van der Waals surface area contributed by atoms with Crippen LogP contribution in [0.2, 0.25) is 0 Å². The van der Waals surface area contributed by atoms with Gasteiger partial charge in [-0.25, -0.2) is 0 Å². The van der Waals surface area contributed by atoms with Crippen LogP contribution in [0, 0.1) is 0 Å². The maximum atomic E-state index is 6.17. The minimum absolute atomic E-state index is 0.113. The average Bonchev–Trinajstić information content (AvgIpc) is 2.82. The van der Waals surface area contributed by atoms with E-state index in [1.807, 2.05) is 11.7 Å². The fourth-order valence-corrected chi connectivity index (χ4v) is 2.77. The molecule has 2 aromatic rings. The normalized spacial score (nSPS) is 12.7. The number of aromatic nitrogens is 2. The lowest BCUT2D eigenvalue weighted by Gasteiger charge is -2.12. The molecule has 0 fully saturated rings. The lowest BCUT2D eigenvalue weighted by Crippen LogP contribution is -2.08. The van der Waals surface area contributed by atoms with Crippen molar-refractivity contribution in [3.63, 3.8) is 0 Å². The van der Waals surface area contributed by atoms with E-state index in [4.69, 9.17) is 5.73 Å². The molecule has 1 atom stereocenters. The van der Waals surface area contributed by atoms with Crippen LogP contribution in [0.3, 0.4) is 0 Å². The van der Waals surface area contributed by atoms with E-state index in [-0.39, 0.29) is 6.04 Å². The monoisotopic (exact) mass is 271 g/mol. The highest BCUT2D eigenvalue weighted by Crippen LogP contribution is 2.30. The summed E-state index contributed by atoms with van der Waals surface area (Å²) in [4.78, 5) is 0. The predicted molar refractivity (Wildman–Crippen MR) is 84.6 cm³/mol. The van der Waals surface area contributed by atoms with Crippen molar-refractivity contribution < 1.29 is 0 Å². The number of benzene rings is 1. The molecule has 0 amide bonds.